The Kier molecular flexibility index (Phi) is 4.76. The maximum atomic E-state index is 13.4. The van der Waals surface area contributed by atoms with E-state index in [1.54, 1.807) is 0 Å². The molecule has 1 rings (SSSR count). The first-order valence-corrected chi connectivity index (χ1v) is 5.23. The Morgan fingerprint density at radius 2 is 2.06 bits per heavy atom. The van der Waals surface area contributed by atoms with E-state index in [4.69, 9.17) is 0 Å². The van der Waals surface area contributed by atoms with Crippen LogP contribution in [0, 0.1) is 11.6 Å². The molecule has 0 aliphatic rings. The van der Waals surface area contributed by atoms with Crippen molar-refractivity contribution in [1.82, 2.24) is 5.32 Å². The highest BCUT2D eigenvalue weighted by Crippen LogP contribution is 2.12. The van der Waals surface area contributed by atoms with E-state index in [1.165, 1.54) is 6.92 Å². The van der Waals surface area contributed by atoms with Crippen molar-refractivity contribution in [2.75, 3.05) is 7.11 Å². The number of benzene rings is 1. The number of carbonyl (C=O) groups excluding carboxylic acids is 2. The molecule has 0 aliphatic carbocycles. The number of nitrogens with one attached hydrogen (secondary N) is 1. The quantitative estimate of drug-likeness (QED) is 0.824. The molecule has 1 atom stereocenters. The monoisotopic (exact) mass is 257 g/mol. The summed E-state index contributed by atoms with van der Waals surface area (Å²) in [4.78, 5) is 22.3. The highest BCUT2D eigenvalue weighted by atomic mass is 19.1. The second-order valence-electron chi connectivity index (χ2n) is 3.72. The first-order valence-electron chi connectivity index (χ1n) is 5.23. The fraction of sp³-hybridized carbons (Fsp3) is 0.333. The molecule has 1 unspecified atom stereocenters. The molecule has 0 aliphatic heterocycles. The van der Waals surface area contributed by atoms with Gasteiger partial charge in [-0.3, -0.25) is 4.79 Å². The van der Waals surface area contributed by atoms with E-state index in [9.17, 15) is 18.4 Å². The molecule has 0 spiro atoms. The highest BCUT2D eigenvalue weighted by Gasteiger charge is 2.22. The zero-order valence-electron chi connectivity index (χ0n) is 10.00. The number of carbonyl (C=O) groups is 2. The van der Waals surface area contributed by atoms with Gasteiger partial charge in [0.05, 0.1) is 7.11 Å². The summed E-state index contributed by atoms with van der Waals surface area (Å²) < 4.78 is 30.9. The summed E-state index contributed by atoms with van der Waals surface area (Å²) in [5, 5.41) is 2.32. The number of amides is 1. The molecule has 1 aromatic carbocycles. The van der Waals surface area contributed by atoms with Crippen LogP contribution in [-0.4, -0.2) is 25.0 Å². The maximum Gasteiger partial charge on any atom is 0.328 e. The topological polar surface area (TPSA) is 55.4 Å². The van der Waals surface area contributed by atoms with E-state index in [1.807, 2.05) is 0 Å². The molecular weight excluding hydrogens is 244 g/mol. The Morgan fingerprint density at radius 3 is 2.61 bits per heavy atom. The van der Waals surface area contributed by atoms with Crippen LogP contribution in [0.2, 0.25) is 0 Å². The van der Waals surface area contributed by atoms with Gasteiger partial charge in [-0.2, -0.15) is 0 Å². The molecule has 18 heavy (non-hydrogen) atoms. The third-order valence-electron chi connectivity index (χ3n) is 2.29. The standard InChI is InChI=1S/C12H13F2NO3/c1-7(16)15-11(12(17)18-2)6-8-5-9(13)3-4-10(8)14/h3-5,11H,6H2,1-2H3,(H,15,16). The van der Waals surface area contributed by atoms with E-state index in [0.29, 0.717) is 0 Å². The molecule has 0 fully saturated rings. The molecule has 98 valence electrons. The molecule has 1 N–H and O–H groups in total. The summed E-state index contributed by atoms with van der Waals surface area (Å²) in [5.41, 5.74) is -0.000787. The largest absolute Gasteiger partial charge is 0.467 e. The van der Waals surface area contributed by atoms with Crippen molar-refractivity contribution in [3.05, 3.63) is 35.4 Å². The third-order valence-corrected chi connectivity index (χ3v) is 2.29. The van der Waals surface area contributed by atoms with Gasteiger partial charge in [-0.15, -0.1) is 0 Å². The Balaban J connectivity index is 2.91. The molecule has 0 aromatic heterocycles. The number of hydrogen-bond donors (Lipinski definition) is 1. The Morgan fingerprint density at radius 1 is 1.39 bits per heavy atom. The average Bonchev–Trinajstić information content (AvgIpc) is 2.31. The van der Waals surface area contributed by atoms with Crippen LogP contribution in [0.15, 0.2) is 18.2 Å². The first kappa shape index (κ1) is 14.1. The predicted octanol–water partition coefficient (Wildman–Crippen LogP) is 1.18. The number of esters is 1. The van der Waals surface area contributed by atoms with Crippen molar-refractivity contribution in [2.24, 2.45) is 0 Å². The van der Waals surface area contributed by atoms with Crippen LogP contribution in [-0.2, 0) is 20.7 Å². The van der Waals surface area contributed by atoms with E-state index in [-0.39, 0.29) is 12.0 Å². The smallest absolute Gasteiger partial charge is 0.328 e. The molecule has 1 aromatic rings. The molecular formula is C12H13F2NO3. The molecule has 4 nitrogen and oxygen atoms in total. The van der Waals surface area contributed by atoms with Gasteiger partial charge in [0.15, 0.2) is 0 Å². The lowest BCUT2D eigenvalue weighted by atomic mass is 10.1. The van der Waals surface area contributed by atoms with E-state index in [0.717, 1.165) is 25.3 Å². The number of methoxy groups -OCH3 is 1. The fourth-order valence-electron chi connectivity index (χ4n) is 1.50. The van der Waals surface area contributed by atoms with Crippen LogP contribution in [0.1, 0.15) is 12.5 Å². The van der Waals surface area contributed by atoms with Gasteiger partial charge in [0.25, 0.3) is 0 Å². The SMILES string of the molecule is COC(=O)C(Cc1cc(F)ccc1F)NC(C)=O. The van der Waals surface area contributed by atoms with Crippen LogP contribution in [0.4, 0.5) is 8.78 Å². The van der Waals surface area contributed by atoms with Gasteiger partial charge >= 0.3 is 5.97 Å². The lowest BCUT2D eigenvalue weighted by Crippen LogP contribution is -2.42. The van der Waals surface area contributed by atoms with Crippen molar-refractivity contribution >= 4 is 11.9 Å². The highest BCUT2D eigenvalue weighted by molar-refractivity contribution is 5.83. The zero-order chi connectivity index (χ0) is 13.7. The Bertz CT molecular complexity index is 463. The molecule has 0 radical (unpaired) electrons. The van der Waals surface area contributed by atoms with Crippen LogP contribution in [0.5, 0.6) is 0 Å². The van der Waals surface area contributed by atoms with E-state index < -0.39 is 29.6 Å². The normalized spacial score (nSPS) is 11.8. The molecule has 0 saturated heterocycles. The van der Waals surface area contributed by atoms with Crippen molar-refractivity contribution < 1.29 is 23.1 Å². The minimum absolute atomic E-state index is 0.000787. The molecule has 0 heterocycles. The van der Waals surface area contributed by atoms with Gasteiger partial charge < -0.3 is 10.1 Å². The summed E-state index contributed by atoms with van der Waals surface area (Å²) >= 11 is 0. The second kappa shape index (κ2) is 6.09. The third kappa shape index (κ3) is 3.80. The summed E-state index contributed by atoms with van der Waals surface area (Å²) in [6.45, 7) is 1.22. The number of rotatable bonds is 4. The summed E-state index contributed by atoms with van der Waals surface area (Å²) in [7, 11) is 1.15. The minimum Gasteiger partial charge on any atom is -0.467 e. The van der Waals surface area contributed by atoms with Crippen molar-refractivity contribution in [3.8, 4) is 0 Å². The Hall–Kier alpha value is -1.98. The van der Waals surface area contributed by atoms with Crippen LogP contribution in [0.25, 0.3) is 0 Å². The predicted molar refractivity (Wildman–Crippen MR) is 59.7 cm³/mol. The van der Waals surface area contributed by atoms with Crippen LogP contribution >= 0.6 is 0 Å². The van der Waals surface area contributed by atoms with Crippen molar-refractivity contribution in [3.63, 3.8) is 0 Å². The van der Waals surface area contributed by atoms with Crippen molar-refractivity contribution in [1.29, 1.82) is 0 Å². The lowest BCUT2D eigenvalue weighted by Gasteiger charge is -2.15. The second-order valence-corrected chi connectivity index (χ2v) is 3.72. The van der Waals surface area contributed by atoms with Gasteiger partial charge in [0, 0.05) is 13.3 Å². The molecule has 0 bridgehead atoms. The minimum atomic E-state index is -1.04. The average molecular weight is 257 g/mol. The van der Waals surface area contributed by atoms with Gasteiger partial charge in [-0.1, -0.05) is 0 Å². The summed E-state index contributed by atoms with van der Waals surface area (Å²) in [6, 6.07) is 1.88. The molecule has 6 heteroatoms. The Labute approximate surface area is 103 Å². The molecule has 0 saturated carbocycles. The van der Waals surface area contributed by atoms with Gasteiger partial charge in [-0.05, 0) is 23.8 Å². The van der Waals surface area contributed by atoms with E-state index in [2.05, 4.69) is 10.1 Å². The number of hydrogen-bond acceptors (Lipinski definition) is 3. The fourth-order valence-corrected chi connectivity index (χ4v) is 1.50. The summed E-state index contributed by atoms with van der Waals surface area (Å²) in [5.74, 6) is -2.43. The van der Waals surface area contributed by atoms with Gasteiger partial charge in [0.1, 0.15) is 17.7 Å². The van der Waals surface area contributed by atoms with Crippen LogP contribution in [0.3, 0.4) is 0 Å². The lowest BCUT2D eigenvalue weighted by molar-refractivity contribution is -0.144. The molecule has 1 amide bonds. The maximum absolute atomic E-state index is 13.4. The van der Waals surface area contributed by atoms with Crippen LogP contribution < -0.4 is 5.32 Å². The number of ether oxygens (including phenoxy) is 1. The van der Waals surface area contributed by atoms with Gasteiger partial charge in [0.2, 0.25) is 5.91 Å². The zero-order valence-corrected chi connectivity index (χ0v) is 10.00. The van der Waals surface area contributed by atoms with Crippen molar-refractivity contribution in [2.45, 2.75) is 19.4 Å². The summed E-state index contributed by atoms with van der Waals surface area (Å²) in [6.07, 6.45) is -0.171. The number of halogens is 2. The van der Waals surface area contributed by atoms with E-state index >= 15 is 0 Å². The first-order chi connectivity index (χ1) is 8.43. The van der Waals surface area contributed by atoms with Gasteiger partial charge in [-0.25, -0.2) is 13.6 Å².